The van der Waals surface area contributed by atoms with E-state index in [1.165, 1.54) is 0 Å². The minimum Gasteiger partial charge on any atom is -0.480 e. The maximum Gasteiger partial charge on any atom is 0.347 e. The SMILES string of the molecule is N[C@H](C(=O)O)[C@H](O)C(O)P(=O)=O. The van der Waals surface area contributed by atoms with Crippen molar-refractivity contribution >= 4 is 13.6 Å². The molecular formula is C4H8NO6P. The predicted octanol–water partition coefficient (Wildman–Crippen LogP) is -1.75. The van der Waals surface area contributed by atoms with E-state index in [0.29, 0.717) is 0 Å². The van der Waals surface area contributed by atoms with Gasteiger partial charge in [0.05, 0.1) is 0 Å². The minimum absolute atomic E-state index is 1.58. The van der Waals surface area contributed by atoms with E-state index in [4.69, 9.17) is 21.1 Å². The number of hydrogen-bond donors (Lipinski definition) is 4. The van der Waals surface area contributed by atoms with Crippen molar-refractivity contribution < 1.29 is 29.2 Å². The van der Waals surface area contributed by atoms with Crippen LogP contribution in [-0.2, 0) is 13.9 Å². The summed E-state index contributed by atoms with van der Waals surface area (Å²) in [4.78, 5) is 10.1. The molecule has 0 heterocycles. The zero-order valence-electron chi connectivity index (χ0n) is 5.82. The lowest BCUT2D eigenvalue weighted by Crippen LogP contribution is -2.46. The molecule has 0 aromatic carbocycles. The van der Waals surface area contributed by atoms with Crippen molar-refractivity contribution in [3.8, 4) is 0 Å². The highest BCUT2D eigenvalue weighted by Gasteiger charge is 2.31. The summed E-state index contributed by atoms with van der Waals surface area (Å²) in [6, 6.07) is -1.81. The molecule has 1 unspecified atom stereocenters. The van der Waals surface area contributed by atoms with Crippen molar-refractivity contribution in [2.75, 3.05) is 0 Å². The molecule has 0 aliphatic rings. The fourth-order valence-electron chi connectivity index (χ4n) is 0.456. The van der Waals surface area contributed by atoms with Crippen molar-refractivity contribution in [3.63, 3.8) is 0 Å². The Morgan fingerprint density at radius 1 is 1.33 bits per heavy atom. The Bertz CT molecular complexity index is 230. The van der Waals surface area contributed by atoms with Crippen LogP contribution in [0.25, 0.3) is 0 Å². The summed E-state index contributed by atoms with van der Waals surface area (Å²) in [5.41, 5.74) is 4.82. The smallest absolute Gasteiger partial charge is 0.347 e. The molecule has 0 aromatic rings. The van der Waals surface area contributed by atoms with Gasteiger partial charge < -0.3 is 21.1 Å². The lowest BCUT2D eigenvalue weighted by atomic mass is 10.2. The van der Waals surface area contributed by atoms with E-state index in [1.54, 1.807) is 0 Å². The normalized spacial score (nSPS) is 17.9. The molecule has 0 fully saturated rings. The molecule has 0 bridgehead atoms. The summed E-state index contributed by atoms with van der Waals surface area (Å²) in [5, 5.41) is 25.6. The van der Waals surface area contributed by atoms with E-state index >= 15 is 0 Å². The summed E-state index contributed by atoms with van der Waals surface area (Å²) >= 11 is 0. The number of nitrogens with two attached hydrogens (primary N) is 1. The highest BCUT2D eigenvalue weighted by Crippen LogP contribution is 2.16. The van der Waals surface area contributed by atoms with Gasteiger partial charge >= 0.3 is 13.6 Å². The van der Waals surface area contributed by atoms with Gasteiger partial charge in [-0.2, -0.15) is 0 Å². The monoisotopic (exact) mass is 197 g/mol. The van der Waals surface area contributed by atoms with Crippen LogP contribution in [0.2, 0.25) is 0 Å². The summed E-state index contributed by atoms with van der Waals surface area (Å²) in [7, 11) is -3.30. The van der Waals surface area contributed by atoms with Gasteiger partial charge in [-0.25, -0.2) is 9.13 Å². The van der Waals surface area contributed by atoms with Gasteiger partial charge in [0.25, 0.3) is 0 Å². The van der Waals surface area contributed by atoms with Gasteiger partial charge in [-0.15, -0.1) is 0 Å². The van der Waals surface area contributed by atoms with Gasteiger partial charge in [0.15, 0.2) is 5.85 Å². The first-order valence-electron chi connectivity index (χ1n) is 2.86. The molecular weight excluding hydrogens is 189 g/mol. The first-order chi connectivity index (χ1) is 5.37. The van der Waals surface area contributed by atoms with Crippen LogP contribution in [0.1, 0.15) is 0 Å². The average molecular weight is 197 g/mol. The number of aliphatic carboxylic acids is 1. The highest BCUT2D eigenvalue weighted by molar-refractivity contribution is 7.31. The fraction of sp³-hybridized carbons (Fsp3) is 0.750. The standard InChI is InChI=1S/C4H8NO6P/c5-1(3(7)8)2(6)4(9)12(10)11/h1-2,4,6,9H,5H2,(H,7,8)/t1-,2-,4?/m0/s1. The highest BCUT2D eigenvalue weighted by atomic mass is 31.1. The number of rotatable bonds is 4. The van der Waals surface area contributed by atoms with Gasteiger partial charge in [-0.05, 0) is 0 Å². The topological polar surface area (TPSA) is 138 Å². The zero-order chi connectivity index (χ0) is 9.89. The summed E-state index contributed by atoms with van der Waals surface area (Å²) < 4.78 is 20.1. The lowest BCUT2D eigenvalue weighted by Gasteiger charge is -2.14. The van der Waals surface area contributed by atoms with Crippen LogP contribution in [0.15, 0.2) is 0 Å². The van der Waals surface area contributed by atoms with E-state index in [0.717, 1.165) is 0 Å². The van der Waals surface area contributed by atoms with Crippen molar-refractivity contribution in [1.29, 1.82) is 0 Å². The number of carbonyl (C=O) groups is 1. The number of hydrogen-bond acceptors (Lipinski definition) is 6. The number of aliphatic hydroxyl groups excluding tert-OH is 2. The van der Waals surface area contributed by atoms with E-state index in [1.807, 2.05) is 0 Å². The third-order valence-electron chi connectivity index (χ3n) is 1.17. The van der Waals surface area contributed by atoms with E-state index in [-0.39, 0.29) is 0 Å². The second kappa shape index (κ2) is 4.32. The Kier molecular flexibility index (Phi) is 4.05. The van der Waals surface area contributed by atoms with E-state index in [2.05, 4.69) is 0 Å². The average Bonchev–Trinajstić information content (AvgIpc) is 2.00. The molecule has 5 N–H and O–H groups in total. The molecule has 0 saturated heterocycles. The third-order valence-corrected chi connectivity index (χ3v) is 1.91. The van der Waals surface area contributed by atoms with Crippen LogP contribution in [-0.4, -0.2) is 39.3 Å². The Morgan fingerprint density at radius 3 is 2.00 bits per heavy atom. The van der Waals surface area contributed by atoms with Crippen LogP contribution < -0.4 is 5.73 Å². The summed E-state index contributed by atoms with van der Waals surface area (Å²) in [5.74, 6) is -3.73. The van der Waals surface area contributed by atoms with Gasteiger partial charge in [-0.3, -0.25) is 4.79 Å². The molecule has 0 amide bonds. The van der Waals surface area contributed by atoms with Crippen molar-refractivity contribution in [1.82, 2.24) is 0 Å². The van der Waals surface area contributed by atoms with Crippen molar-refractivity contribution in [3.05, 3.63) is 0 Å². The summed E-state index contributed by atoms with van der Waals surface area (Å²) in [6.07, 6.45) is -2.01. The van der Waals surface area contributed by atoms with Crippen LogP contribution in [0.5, 0.6) is 0 Å². The first-order valence-corrected chi connectivity index (χ1v) is 4.10. The number of carboxylic acid groups (broad SMARTS) is 1. The maximum absolute atomic E-state index is 10.1. The summed E-state index contributed by atoms with van der Waals surface area (Å²) in [6.45, 7) is 0. The molecule has 12 heavy (non-hydrogen) atoms. The number of aliphatic hydroxyl groups is 2. The van der Waals surface area contributed by atoms with Gasteiger partial charge in [-0.1, -0.05) is 0 Å². The molecule has 0 rings (SSSR count). The second-order valence-corrected chi connectivity index (χ2v) is 3.15. The Hall–Kier alpha value is -0.750. The van der Waals surface area contributed by atoms with E-state index < -0.39 is 31.6 Å². The molecule has 0 radical (unpaired) electrons. The zero-order valence-corrected chi connectivity index (χ0v) is 6.72. The number of carboxylic acids is 1. The molecule has 0 saturated carbocycles. The van der Waals surface area contributed by atoms with Crippen molar-refractivity contribution in [2.45, 2.75) is 18.0 Å². The minimum atomic E-state index is -3.30. The third kappa shape index (κ3) is 2.71. The van der Waals surface area contributed by atoms with Gasteiger partial charge in [0.1, 0.15) is 12.1 Å². The Morgan fingerprint density at radius 2 is 1.75 bits per heavy atom. The van der Waals surface area contributed by atoms with Crippen LogP contribution in [0.3, 0.4) is 0 Å². The molecule has 8 heteroatoms. The van der Waals surface area contributed by atoms with Gasteiger partial charge in [0, 0.05) is 0 Å². The molecule has 7 nitrogen and oxygen atoms in total. The maximum atomic E-state index is 10.1. The van der Waals surface area contributed by atoms with Gasteiger partial charge in [0.2, 0.25) is 0 Å². The molecule has 0 spiro atoms. The largest absolute Gasteiger partial charge is 0.480 e. The molecule has 3 atom stereocenters. The quantitative estimate of drug-likeness (QED) is 0.392. The molecule has 0 aromatic heterocycles. The first kappa shape index (κ1) is 11.2. The van der Waals surface area contributed by atoms with E-state index in [9.17, 15) is 13.9 Å². The predicted molar refractivity (Wildman–Crippen MR) is 35.9 cm³/mol. The second-order valence-electron chi connectivity index (χ2n) is 2.05. The molecule has 70 valence electrons. The van der Waals surface area contributed by atoms with Crippen LogP contribution >= 0.6 is 7.68 Å². The van der Waals surface area contributed by atoms with Crippen LogP contribution in [0, 0.1) is 0 Å². The molecule has 0 aliphatic carbocycles. The van der Waals surface area contributed by atoms with Crippen LogP contribution in [0.4, 0.5) is 0 Å². The lowest BCUT2D eigenvalue weighted by molar-refractivity contribution is -0.142. The Labute approximate surface area is 67.6 Å². The Balaban J connectivity index is 4.38. The fourth-order valence-corrected chi connectivity index (χ4v) is 0.891. The molecule has 0 aliphatic heterocycles. The van der Waals surface area contributed by atoms with Crippen molar-refractivity contribution in [2.24, 2.45) is 5.73 Å².